The van der Waals surface area contributed by atoms with Crippen LogP contribution in [0.2, 0.25) is 6.04 Å². The standard InChI is InChI=1S/C25H52O4Si/c1-19(2)9-14-26-23-13-18-30(29-17-12-22(7)8)25(28-16-11-21(5)6)24(23)27-15-10-20(3)4/h19-25,30H,9-18H2,1-8H3. The van der Waals surface area contributed by atoms with Crippen molar-refractivity contribution in [1.29, 1.82) is 0 Å². The Morgan fingerprint density at radius 2 is 1.10 bits per heavy atom. The molecule has 0 saturated carbocycles. The van der Waals surface area contributed by atoms with E-state index in [2.05, 4.69) is 55.4 Å². The minimum atomic E-state index is -1.51. The molecule has 1 aliphatic rings. The lowest BCUT2D eigenvalue weighted by atomic mass is 10.1. The molecule has 0 aliphatic carbocycles. The zero-order valence-electron chi connectivity index (χ0n) is 21.3. The van der Waals surface area contributed by atoms with Gasteiger partial charge in [0.25, 0.3) is 0 Å². The highest BCUT2D eigenvalue weighted by Gasteiger charge is 2.43. The molecule has 1 heterocycles. The third-order valence-corrected chi connectivity index (χ3v) is 8.73. The van der Waals surface area contributed by atoms with Gasteiger partial charge in [-0.2, -0.15) is 0 Å². The van der Waals surface area contributed by atoms with E-state index in [0.29, 0.717) is 23.7 Å². The molecule has 4 unspecified atom stereocenters. The molecular formula is C25H52O4Si. The van der Waals surface area contributed by atoms with Gasteiger partial charge >= 0.3 is 0 Å². The van der Waals surface area contributed by atoms with Crippen molar-refractivity contribution in [3.8, 4) is 0 Å². The van der Waals surface area contributed by atoms with Crippen LogP contribution in [0.25, 0.3) is 0 Å². The second-order valence-electron chi connectivity index (χ2n) is 10.8. The first kappa shape index (κ1) is 28.1. The molecule has 5 heteroatoms. The Hall–Kier alpha value is 0.0569. The van der Waals surface area contributed by atoms with Gasteiger partial charge in [-0.25, -0.2) is 0 Å². The van der Waals surface area contributed by atoms with Gasteiger partial charge in [0, 0.05) is 26.4 Å². The topological polar surface area (TPSA) is 36.9 Å². The Morgan fingerprint density at radius 3 is 1.63 bits per heavy atom. The van der Waals surface area contributed by atoms with Crippen LogP contribution in [0, 0.1) is 23.7 Å². The van der Waals surface area contributed by atoms with E-state index in [0.717, 1.165) is 64.6 Å². The lowest BCUT2D eigenvalue weighted by Crippen LogP contribution is -2.56. The van der Waals surface area contributed by atoms with Crippen molar-refractivity contribution in [2.75, 3.05) is 26.4 Å². The summed E-state index contributed by atoms with van der Waals surface area (Å²) in [4.78, 5) is 0. The zero-order chi connectivity index (χ0) is 22.5. The van der Waals surface area contributed by atoms with Crippen LogP contribution >= 0.6 is 0 Å². The number of hydrogen-bond donors (Lipinski definition) is 0. The van der Waals surface area contributed by atoms with Gasteiger partial charge in [0.2, 0.25) is 9.04 Å². The molecule has 4 nitrogen and oxygen atoms in total. The Balaban J connectivity index is 2.83. The lowest BCUT2D eigenvalue weighted by molar-refractivity contribution is -0.133. The molecule has 1 aliphatic heterocycles. The van der Waals surface area contributed by atoms with Crippen LogP contribution < -0.4 is 0 Å². The van der Waals surface area contributed by atoms with E-state index in [4.69, 9.17) is 18.6 Å². The highest BCUT2D eigenvalue weighted by atomic mass is 28.3. The lowest BCUT2D eigenvalue weighted by Gasteiger charge is -2.41. The Morgan fingerprint density at radius 1 is 0.633 bits per heavy atom. The van der Waals surface area contributed by atoms with Crippen molar-refractivity contribution in [3.63, 3.8) is 0 Å². The molecular weight excluding hydrogens is 392 g/mol. The molecule has 0 spiro atoms. The van der Waals surface area contributed by atoms with Gasteiger partial charge in [-0.15, -0.1) is 0 Å². The first-order valence-electron chi connectivity index (χ1n) is 12.7. The monoisotopic (exact) mass is 444 g/mol. The molecule has 0 aromatic heterocycles. The predicted octanol–water partition coefficient (Wildman–Crippen LogP) is 6.01. The molecule has 1 fully saturated rings. The Bertz CT molecular complexity index is 376. The maximum atomic E-state index is 6.52. The van der Waals surface area contributed by atoms with E-state index in [1.165, 1.54) is 0 Å². The van der Waals surface area contributed by atoms with Gasteiger partial charge in [0.1, 0.15) is 11.8 Å². The third-order valence-electron chi connectivity index (χ3n) is 5.86. The second-order valence-corrected chi connectivity index (χ2v) is 13.4. The van der Waals surface area contributed by atoms with E-state index in [1.807, 2.05) is 0 Å². The molecule has 30 heavy (non-hydrogen) atoms. The summed E-state index contributed by atoms with van der Waals surface area (Å²) in [5.74, 6) is 2.63. The quantitative estimate of drug-likeness (QED) is 0.273. The van der Waals surface area contributed by atoms with Gasteiger partial charge < -0.3 is 18.6 Å². The van der Waals surface area contributed by atoms with E-state index in [1.54, 1.807) is 0 Å². The fourth-order valence-electron chi connectivity index (χ4n) is 3.63. The molecule has 0 radical (unpaired) electrons. The van der Waals surface area contributed by atoms with Crippen molar-refractivity contribution >= 4 is 9.04 Å². The van der Waals surface area contributed by atoms with Crippen LogP contribution in [-0.2, 0) is 18.6 Å². The van der Waals surface area contributed by atoms with Gasteiger partial charge in [-0.3, -0.25) is 0 Å². The summed E-state index contributed by atoms with van der Waals surface area (Å²) in [6.45, 7) is 21.3. The van der Waals surface area contributed by atoms with E-state index in [-0.39, 0.29) is 17.9 Å². The van der Waals surface area contributed by atoms with Crippen molar-refractivity contribution in [2.45, 2.75) is 111 Å². The van der Waals surface area contributed by atoms with Crippen LogP contribution in [0.5, 0.6) is 0 Å². The van der Waals surface area contributed by atoms with Crippen molar-refractivity contribution in [1.82, 2.24) is 0 Å². The molecule has 0 aromatic carbocycles. The van der Waals surface area contributed by atoms with Crippen LogP contribution in [-0.4, -0.2) is 53.4 Å². The third kappa shape index (κ3) is 12.2. The fraction of sp³-hybridized carbons (Fsp3) is 1.00. The largest absolute Gasteiger partial charge is 0.417 e. The first-order chi connectivity index (χ1) is 14.2. The van der Waals surface area contributed by atoms with Gasteiger partial charge in [-0.1, -0.05) is 55.4 Å². The fourth-order valence-corrected chi connectivity index (χ4v) is 6.54. The molecule has 0 aromatic rings. The zero-order valence-corrected chi connectivity index (χ0v) is 22.5. The minimum Gasteiger partial charge on any atom is -0.417 e. The number of rotatable bonds is 16. The van der Waals surface area contributed by atoms with Crippen LogP contribution in [0.4, 0.5) is 0 Å². The van der Waals surface area contributed by atoms with Crippen LogP contribution in [0.3, 0.4) is 0 Å². The second kappa shape index (κ2) is 15.8. The molecule has 1 saturated heterocycles. The van der Waals surface area contributed by atoms with Crippen molar-refractivity contribution in [2.24, 2.45) is 23.7 Å². The van der Waals surface area contributed by atoms with E-state index in [9.17, 15) is 0 Å². The predicted molar refractivity (Wildman–Crippen MR) is 130 cm³/mol. The molecule has 0 amide bonds. The maximum Gasteiger partial charge on any atom is 0.208 e. The molecule has 0 N–H and O–H groups in total. The SMILES string of the molecule is CC(C)CCOC1CC[SiH](OCCC(C)C)C(OCCC(C)C)C1OCCC(C)C. The smallest absolute Gasteiger partial charge is 0.208 e. The molecule has 0 bridgehead atoms. The first-order valence-corrected chi connectivity index (χ1v) is 14.6. The molecule has 4 atom stereocenters. The van der Waals surface area contributed by atoms with Crippen LogP contribution in [0.15, 0.2) is 0 Å². The summed E-state index contributed by atoms with van der Waals surface area (Å²) in [6.07, 6.45) is 5.59. The maximum absolute atomic E-state index is 6.52. The highest BCUT2D eigenvalue weighted by Crippen LogP contribution is 2.29. The van der Waals surface area contributed by atoms with Crippen LogP contribution in [0.1, 0.15) is 87.5 Å². The number of hydrogen-bond acceptors (Lipinski definition) is 4. The summed E-state index contributed by atoms with van der Waals surface area (Å²) in [5, 5.41) is 0. The summed E-state index contributed by atoms with van der Waals surface area (Å²) < 4.78 is 25.9. The normalized spacial score (nSPS) is 25.2. The highest BCUT2D eigenvalue weighted by molar-refractivity contribution is 6.54. The Labute approximate surface area is 189 Å². The summed E-state index contributed by atoms with van der Waals surface area (Å²) in [5.41, 5.74) is 0.0980. The van der Waals surface area contributed by atoms with Gasteiger partial charge in [0.05, 0.1) is 6.10 Å². The van der Waals surface area contributed by atoms with Gasteiger partial charge in [-0.05, 0) is 61.8 Å². The average molecular weight is 445 g/mol. The summed E-state index contributed by atoms with van der Waals surface area (Å²) in [7, 11) is -1.51. The Kier molecular flexibility index (Phi) is 14.8. The number of ether oxygens (including phenoxy) is 3. The summed E-state index contributed by atoms with van der Waals surface area (Å²) >= 11 is 0. The van der Waals surface area contributed by atoms with E-state index < -0.39 is 9.04 Å². The summed E-state index contributed by atoms with van der Waals surface area (Å²) in [6, 6.07) is 1.13. The molecule has 180 valence electrons. The van der Waals surface area contributed by atoms with Gasteiger partial charge in [0.15, 0.2) is 0 Å². The van der Waals surface area contributed by atoms with E-state index >= 15 is 0 Å². The molecule has 1 rings (SSSR count). The minimum absolute atomic E-state index is 0.0209. The average Bonchev–Trinajstić information content (AvgIpc) is 2.63. The van der Waals surface area contributed by atoms with Crippen molar-refractivity contribution < 1.29 is 18.6 Å². The van der Waals surface area contributed by atoms with Crippen molar-refractivity contribution in [3.05, 3.63) is 0 Å².